The van der Waals surface area contributed by atoms with Crippen LogP contribution in [0, 0.1) is 10.5 Å². The molecule has 3 aromatic rings. The van der Waals surface area contributed by atoms with E-state index in [0.717, 1.165) is 31.6 Å². The third-order valence-corrected chi connectivity index (χ3v) is 6.84. The number of carbonyl (C=O) groups is 2. The minimum absolute atomic E-state index is 0.195. The van der Waals surface area contributed by atoms with E-state index in [0.29, 0.717) is 9.75 Å². The number of ether oxygens (including phenoxy) is 2. The second-order valence-electron chi connectivity index (χ2n) is 5.82. The second kappa shape index (κ2) is 9.14. The van der Waals surface area contributed by atoms with Gasteiger partial charge in [-0.15, -0.1) is 11.3 Å². The Labute approximate surface area is 175 Å². The highest BCUT2D eigenvalue weighted by atomic mass is 127. The van der Waals surface area contributed by atoms with Crippen LogP contribution >= 0.6 is 33.9 Å². The minimum atomic E-state index is -0.432. The average Bonchev–Trinajstić information content (AvgIpc) is 3.01. The van der Waals surface area contributed by atoms with Crippen molar-refractivity contribution in [2.75, 3.05) is 0 Å². The number of carbonyl (C=O) groups excluding carboxylic acids is 2. The SMILES string of the molecule is Cc1c(C(=O)OCc2ccccc2)sc(C(=O)OCc2ccccc2)c1I. The first-order valence-electron chi connectivity index (χ1n) is 8.27. The van der Waals surface area contributed by atoms with Crippen LogP contribution in [0.25, 0.3) is 0 Å². The van der Waals surface area contributed by atoms with Crippen molar-refractivity contribution in [3.8, 4) is 0 Å². The molecule has 0 bridgehead atoms. The lowest BCUT2D eigenvalue weighted by Crippen LogP contribution is -2.04. The van der Waals surface area contributed by atoms with Gasteiger partial charge in [0.2, 0.25) is 0 Å². The van der Waals surface area contributed by atoms with Gasteiger partial charge in [-0.05, 0) is 46.2 Å². The molecule has 3 rings (SSSR count). The molecule has 0 amide bonds. The van der Waals surface area contributed by atoms with E-state index in [2.05, 4.69) is 22.6 Å². The molecule has 0 N–H and O–H groups in total. The molecule has 6 heteroatoms. The van der Waals surface area contributed by atoms with Crippen LogP contribution in [0.2, 0.25) is 0 Å². The lowest BCUT2D eigenvalue weighted by atomic mass is 10.2. The summed E-state index contributed by atoms with van der Waals surface area (Å²) in [5, 5.41) is 0. The van der Waals surface area contributed by atoms with Crippen molar-refractivity contribution in [1.29, 1.82) is 0 Å². The van der Waals surface area contributed by atoms with Crippen LogP contribution < -0.4 is 0 Å². The van der Waals surface area contributed by atoms with Crippen LogP contribution in [0.4, 0.5) is 0 Å². The van der Waals surface area contributed by atoms with E-state index in [-0.39, 0.29) is 13.2 Å². The summed E-state index contributed by atoms with van der Waals surface area (Å²) in [6, 6.07) is 19.0. The van der Waals surface area contributed by atoms with Crippen LogP contribution in [0.15, 0.2) is 60.7 Å². The fourth-order valence-corrected chi connectivity index (χ4v) is 4.39. The topological polar surface area (TPSA) is 52.6 Å². The molecule has 2 aromatic carbocycles. The predicted molar refractivity (Wildman–Crippen MR) is 113 cm³/mol. The summed E-state index contributed by atoms with van der Waals surface area (Å²) in [5.74, 6) is -0.861. The van der Waals surface area contributed by atoms with Crippen LogP contribution in [-0.4, -0.2) is 11.9 Å². The summed E-state index contributed by atoms with van der Waals surface area (Å²) in [5.41, 5.74) is 2.57. The first-order chi connectivity index (χ1) is 13.1. The zero-order valence-electron chi connectivity index (χ0n) is 14.6. The van der Waals surface area contributed by atoms with Gasteiger partial charge < -0.3 is 9.47 Å². The molecular formula is C21H17IO4S. The third-order valence-electron chi connectivity index (χ3n) is 3.87. The molecule has 138 valence electrons. The van der Waals surface area contributed by atoms with Crippen molar-refractivity contribution in [2.24, 2.45) is 0 Å². The molecule has 0 unspecified atom stereocenters. The van der Waals surface area contributed by atoms with Gasteiger partial charge in [0.15, 0.2) is 0 Å². The highest BCUT2D eigenvalue weighted by Gasteiger charge is 2.24. The predicted octanol–water partition coefficient (Wildman–Crippen LogP) is 5.38. The smallest absolute Gasteiger partial charge is 0.349 e. The van der Waals surface area contributed by atoms with Crippen molar-refractivity contribution >= 4 is 45.9 Å². The molecule has 0 aliphatic carbocycles. The van der Waals surface area contributed by atoms with Gasteiger partial charge >= 0.3 is 11.9 Å². The molecule has 0 saturated heterocycles. The summed E-state index contributed by atoms with van der Waals surface area (Å²) in [6.07, 6.45) is 0. The standard InChI is InChI=1S/C21H17IO4S/c1-14-17(22)19(21(24)26-13-16-10-6-3-7-11-16)27-18(14)20(23)25-12-15-8-4-2-5-9-15/h2-11H,12-13H2,1H3. The molecule has 0 fully saturated rings. The van der Waals surface area contributed by atoms with Gasteiger partial charge in [-0.3, -0.25) is 0 Å². The molecule has 0 radical (unpaired) electrons. The molecular weight excluding hydrogens is 475 g/mol. The first-order valence-corrected chi connectivity index (χ1v) is 10.2. The Morgan fingerprint density at radius 1 is 0.815 bits per heavy atom. The van der Waals surface area contributed by atoms with Gasteiger partial charge in [0, 0.05) is 3.57 Å². The highest BCUT2D eigenvalue weighted by Crippen LogP contribution is 2.31. The molecule has 1 heterocycles. The van der Waals surface area contributed by atoms with Crippen LogP contribution in [0.3, 0.4) is 0 Å². The van der Waals surface area contributed by atoms with E-state index >= 15 is 0 Å². The largest absolute Gasteiger partial charge is 0.457 e. The lowest BCUT2D eigenvalue weighted by molar-refractivity contribution is 0.0470. The number of hydrogen-bond acceptors (Lipinski definition) is 5. The van der Waals surface area contributed by atoms with Gasteiger partial charge in [-0.2, -0.15) is 0 Å². The maximum absolute atomic E-state index is 12.4. The average molecular weight is 492 g/mol. The molecule has 0 atom stereocenters. The van der Waals surface area contributed by atoms with Crippen molar-refractivity contribution in [3.05, 3.63) is 90.7 Å². The molecule has 0 aliphatic heterocycles. The summed E-state index contributed by atoms with van der Waals surface area (Å²) < 4.78 is 11.5. The lowest BCUT2D eigenvalue weighted by Gasteiger charge is -2.04. The van der Waals surface area contributed by atoms with Crippen LogP contribution in [0.5, 0.6) is 0 Å². The molecule has 1 aromatic heterocycles. The number of hydrogen-bond donors (Lipinski definition) is 0. The van der Waals surface area contributed by atoms with Gasteiger partial charge in [0.05, 0.1) is 0 Å². The number of esters is 2. The summed E-state index contributed by atoms with van der Waals surface area (Å²) in [6.45, 7) is 2.20. The molecule has 0 aliphatic rings. The molecule has 27 heavy (non-hydrogen) atoms. The fraction of sp³-hybridized carbons (Fsp3) is 0.143. The Morgan fingerprint density at radius 2 is 1.26 bits per heavy atom. The van der Waals surface area contributed by atoms with Crippen molar-refractivity contribution in [1.82, 2.24) is 0 Å². The molecule has 0 saturated carbocycles. The first kappa shape index (κ1) is 19.6. The van der Waals surface area contributed by atoms with E-state index in [1.165, 1.54) is 0 Å². The van der Waals surface area contributed by atoms with Gasteiger partial charge in [0.25, 0.3) is 0 Å². The van der Waals surface area contributed by atoms with Crippen molar-refractivity contribution < 1.29 is 19.1 Å². The monoisotopic (exact) mass is 492 g/mol. The maximum Gasteiger partial charge on any atom is 0.349 e. The number of rotatable bonds is 6. The molecule has 4 nitrogen and oxygen atoms in total. The number of benzene rings is 2. The normalized spacial score (nSPS) is 10.4. The van der Waals surface area contributed by atoms with Crippen LogP contribution in [-0.2, 0) is 22.7 Å². The summed E-state index contributed by atoms with van der Waals surface area (Å²) in [7, 11) is 0. The van der Waals surface area contributed by atoms with Gasteiger partial charge in [0.1, 0.15) is 23.0 Å². The Balaban J connectivity index is 1.67. The van der Waals surface area contributed by atoms with Crippen molar-refractivity contribution in [2.45, 2.75) is 20.1 Å². The van der Waals surface area contributed by atoms with Gasteiger partial charge in [-0.25, -0.2) is 9.59 Å². The van der Waals surface area contributed by atoms with Gasteiger partial charge in [-0.1, -0.05) is 60.7 Å². The second-order valence-corrected chi connectivity index (χ2v) is 7.92. The maximum atomic E-state index is 12.4. The van der Waals surface area contributed by atoms with E-state index in [9.17, 15) is 9.59 Å². The minimum Gasteiger partial charge on any atom is -0.457 e. The Kier molecular flexibility index (Phi) is 6.63. The fourth-order valence-electron chi connectivity index (χ4n) is 2.40. The summed E-state index contributed by atoms with van der Waals surface area (Å²) in [4.78, 5) is 25.7. The van der Waals surface area contributed by atoms with E-state index < -0.39 is 11.9 Å². The Morgan fingerprint density at radius 3 is 1.74 bits per heavy atom. The number of halogens is 1. The zero-order chi connectivity index (χ0) is 19.2. The van der Waals surface area contributed by atoms with Crippen molar-refractivity contribution in [3.63, 3.8) is 0 Å². The highest BCUT2D eigenvalue weighted by molar-refractivity contribution is 14.1. The van der Waals surface area contributed by atoms with Crippen LogP contribution in [0.1, 0.15) is 36.0 Å². The van der Waals surface area contributed by atoms with E-state index in [4.69, 9.17) is 9.47 Å². The van der Waals surface area contributed by atoms with E-state index in [1.54, 1.807) is 0 Å². The van der Waals surface area contributed by atoms with E-state index in [1.807, 2.05) is 67.6 Å². The summed E-state index contributed by atoms with van der Waals surface area (Å²) >= 11 is 3.19. The Bertz CT molecular complexity index is 860. The zero-order valence-corrected chi connectivity index (χ0v) is 17.6. The quantitative estimate of drug-likeness (QED) is 0.343. The molecule has 0 spiro atoms. The number of thiophene rings is 1. The Hall–Kier alpha value is -2.19. The third kappa shape index (κ3) is 4.95.